The third-order valence-corrected chi connectivity index (χ3v) is 6.19. The van der Waals surface area contributed by atoms with Crippen LogP contribution in [-0.2, 0) is 14.8 Å². The zero-order chi connectivity index (χ0) is 21.3. The second kappa shape index (κ2) is 7.76. The highest BCUT2D eigenvalue weighted by Gasteiger charge is 2.20. The number of nitrogens with zero attached hydrogens (tertiary/aromatic N) is 3. The number of anilines is 2. The molecule has 0 aliphatic heterocycles. The van der Waals surface area contributed by atoms with E-state index < -0.39 is 10.0 Å². The number of aromatic nitrogens is 3. The van der Waals surface area contributed by atoms with Gasteiger partial charge in [0.15, 0.2) is 5.76 Å². The van der Waals surface area contributed by atoms with Crippen LogP contribution in [0.5, 0.6) is 0 Å². The maximum absolute atomic E-state index is 12.8. The van der Waals surface area contributed by atoms with Crippen LogP contribution in [0.2, 0.25) is 0 Å². The second-order valence-electron chi connectivity index (χ2n) is 6.39. The molecule has 0 atom stereocenters. The fourth-order valence-electron chi connectivity index (χ4n) is 2.73. The number of sulfonamides is 1. The largest absolute Gasteiger partial charge is 0.463 e. The maximum atomic E-state index is 12.8. The summed E-state index contributed by atoms with van der Waals surface area (Å²) < 4.78 is 35.0. The van der Waals surface area contributed by atoms with Gasteiger partial charge in [0, 0.05) is 24.1 Å². The molecule has 0 bridgehead atoms. The topological polar surface area (TPSA) is 119 Å². The van der Waals surface area contributed by atoms with Gasteiger partial charge in [-0.15, -0.1) is 11.3 Å². The highest BCUT2D eigenvalue weighted by molar-refractivity contribution is 7.92. The van der Waals surface area contributed by atoms with E-state index >= 15 is 0 Å². The standard InChI is InChI=1S/C19H17N5O4S2/c1-12-10-18(23-30(26,27)15-7-5-14(6-8-15)20-13(2)25)24(22-12)19-21-16(11-29-19)17-4-3-9-28-17/h3-11,23H,1-2H3,(H,20,25). The van der Waals surface area contributed by atoms with Crippen LogP contribution in [0.1, 0.15) is 12.6 Å². The summed E-state index contributed by atoms with van der Waals surface area (Å²) in [6, 6.07) is 11.1. The van der Waals surface area contributed by atoms with E-state index in [9.17, 15) is 13.2 Å². The summed E-state index contributed by atoms with van der Waals surface area (Å²) in [4.78, 5) is 15.7. The Morgan fingerprint density at radius 2 is 1.97 bits per heavy atom. The minimum absolute atomic E-state index is 0.0532. The SMILES string of the molecule is CC(=O)Nc1ccc(S(=O)(=O)Nc2cc(C)nn2-c2nc(-c3ccco3)cs2)cc1. The maximum Gasteiger partial charge on any atom is 0.263 e. The smallest absolute Gasteiger partial charge is 0.263 e. The molecule has 4 rings (SSSR count). The molecule has 0 unspecified atom stereocenters. The van der Waals surface area contributed by atoms with Gasteiger partial charge in [-0.05, 0) is 43.3 Å². The van der Waals surface area contributed by atoms with E-state index in [1.165, 1.54) is 47.2 Å². The van der Waals surface area contributed by atoms with Gasteiger partial charge in [-0.2, -0.15) is 9.78 Å². The average molecular weight is 444 g/mol. The van der Waals surface area contributed by atoms with Gasteiger partial charge in [0.2, 0.25) is 11.0 Å². The van der Waals surface area contributed by atoms with Crippen LogP contribution in [0.3, 0.4) is 0 Å². The van der Waals surface area contributed by atoms with E-state index in [4.69, 9.17) is 4.42 Å². The van der Waals surface area contributed by atoms with E-state index in [-0.39, 0.29) is 16.6 Å². The monoisotopic (exact) mass is 443 g/mol. The van der Waals surface area contributed by atoms with Crippen molar-refractivity contribution in [2.24, 2.45) is 0 Å². The van der Waals surface area contributed by atoms with E-state index in [0.717, 1.165) is 0 Å². The molecule has 0 spiro atoms. The first kappa shape index (κ1) is 19.9. The van der Waals surface area contributed by atoms with Crippen molar-refractivity contribution in [3.63, 3.8) is 0 Å². The molecule has 0 radical (unpaired) electrons. The lowest BCUT2D eigenvalue weighted by Gasteiger charge is -2.09. The molecule has 1 aromatic carbocycles. The van der Waals surface area contributed by atoms with Gasteiger partial charge in [-0.1, -0.05) is 0 Å². The Labute approximate surface area is 176 Å². The highest BCUT2D eigenvalue weighted by atomic mass is 32.2. The van der Waals surface area contributed by atoms with Gasteiger partial charge in [0.05, 0.1) is 16.9 Å². The van der Waals surface area contributed by atoms with Gasteiger partial charge in [0.1, 0.15) is 11.5 Å². The van der Waals surface area contributed by atoms with Crippen LogP contribution in [0.4, 0.5) is 11.5 Å². The van der Waals surface area contributed by atoms with Crippen molar-refractivity contribution in [2.75, 3.05) is 10.0 Å². The molecule has 3 heterocycles. The first-order valence-corrected chi connectivity index (χ1v) is 11.1. The van der Waals surface area contributed by atoms with Crippen LogP contribution < -0.4 is 10.0 Å². The summed E-state index contributed by atoms with van der Waals surface area (Å²) in [5.74, 6) is 0.641. The summed E-state index contributed by atoms with van der Waals surface area (Å²) >= 11 is 1.31. The van der Waals surface area contributed by atoms with Gasteiger partial charge in [0.25, 0.3) is 10.0 Å². The fourth-order valence-corrected chi connectivity index (χ4v) is 4.54. The first-order chi connectivity index (χ1) is 14.3. The van der Waals surface area contributed by atoms with Crippen LogP contribution in [0, 0.1) is 6.92 Å². The van der Waals surface area contributed by atoms with E-state index in [1.807, 2.05) is 5.38 Å². The average Bonchev–Trinajstić information content (AvgIpc) is 3.41. The number of furan rings is 1. The zero-order valence-corrected chi connectivity index (χ0v) is 17.6. The number of hydrogen-bond acceptors (Lipinski definition) is 7. The molecule has 11 heteroatoms. The van der Waals surface area contributed by atoms with Crippen molar-refractivity contribution in [2.45, 2.75) is 18.7 Å². The molecule has 9 nitrogen and oxygen atoms in total. The molecule has 4 aromatic rings. The van der Waals surface area contributed by atoms with Crippen molar-refractivity contribution < 1.29 is 17.6 Å². The Bertz CT molecular complexity index is 1290. The number of nitrogens with one attached hydrogen (secondary N) is 2. The Morgan fingerprint density at radius 3 is 2.63 bits per heavy atom. The van der Waals surface area contributed by atoms with Crippen molar-refractivity contribution in [3.8, 4) is 16.6 Å². The summed E-state index contributed by atoms with van der Waals surface area (Å²) in [7, 11) is -3.88. The van der Waals surface area contributed by atoms with Crippen LogP contribution >= 0.6 is 11.3 Å². The number of aryl methyl sites for hydroxylation is 1. The van der Waals surface area contributed by atoms with Crippen molar-refractivity contribution in [1.29, 1.82) is 0 Å². The Balaban J connectivity index is 1.62. The van der Waals surface area contributed by atoms with E-state index in [0.29, 0.717) is 28.0 Å². The third-order valence-electron chi connectivity index (χ3n) is 4.00. The molecule has 0 aliphatic carbocycles. The fraction of sp³-hybridized carbons (Fsp3) is 0.105. The predicted octanol–water partition coefficient (Wildman–Crippen LogP) is 3.66. The van der Waals surface area contributed by atoms with E-state index in [1.54, 1.807) is 31.4 Å². The number of benzene rings is 1. The van der Waals surface area contributed by atoms with Crippen LogP contribution in [0.15, 0.2) is 63.4 Å². The summed E-state index contributed by atoms with van der Waals surface area (Å²) in [6.07, 6.45) is 1.56. The molecule has 154 valence electrons. The molecule has 3 aromatic heterocycles. The lowest BCUT2D eigenvalue weighted by atomic mass is 10.3. The number of carbonyl (C=O) groups is 1. The summed E-state index contributed by atoms with van der Waals surface area (Å²) in [5.41, 5.74) is 1.77. The molecule has 0 saturated carbocycles. The number of rotatable bonds is 6. The van der Waals surface area contributed by atoms with Crippen molar-refractivity contribution in [1.82, 2.24) is 14.8 Å². The third kappa shape index (κ3) is 4.11. The molecule has 0 saturated heterocycles. The van der Waals surface area contributed by atoms with Crippen molar-refractivity contribution in [3.05, 3.63) is 59.8 Å². The van der Waals surface area contributed by atoms with Crippen LogP contribution in [0.25, 0.3) is 16.6 Å². The van der Waals surface area contributed by atoms with Gasteiger partial charge in [-0.3, -0.25) is 9.52 Å². The molecular formula is C19H17N5O4S2. The number of amides is 1. The van der Waals surface area contributed by atoms with Crippen molar-refractivity contribution >= 4 is 38.8 Å². The van der Waals surface area contributed by atoms with Crippen LogP contribution in [-0.4, -0.2) is 29.1 Å². The normalized spacial score (nSPS) is 11.4. The van der Waals surface area contributed by atoms with Gasteiger partial charge >= 0.3 is 0 Å². The second-order valence-corrected chi connectivity index (χ2v) is 8.91. The quantitative estimate of drug-likeness (QED) is 0.469. The molecular weight excluding hydrogens is 426 g/mol. The molecule has 2 N–H and O–H groups in total. The summed E-state index contributed by atoms with van der Waals surface area (Å²) in [6.45, 7) is 3.14. The molecule has 0 aliphatic rings. The van der Waals surface area contributed by atoms with Gasteiger partial charge in [-0.25, -0.2) is 13.4 Å². The minimum Gasteiger partial charge on any atom is -0.463 e. The first-order valence-electron chi connectivity index (χ1n) is 8.79. The number of carbonyl (C=O) groups excluding carboxylic acids is 1. The summed E-state index contributed by atoms with van der Waals surface area (Å²) in [5, 5.41) is 9.26. The molecule has 1 amide bonds. The lowest BCUT2D eigenvalue weighted by molar-refractivity contribution is -0.114. The zero-order valence-electron chi connectivity index (χ0n) is 16.0. The molecule has 0 fully saturated rings. The lowest BCUT2D eigenvalue weighted by Crippen LogP contribution is -2.16. The Kier molecular flexibility index (Phi) is 5.14. The Hall–Kier alpha value is -3.44. The van der Waals surface area contributed by atoms with E-state index in [2.05, 4.69) is 20.1 Å². The number of hydrogen-bond donors (Lipinski definition) is 2. The Morgan fingerprint density at radius 1 is 1.20 bits per heavy atom. The minimum atomic E-state index is -3.88. The number of thiazole rings is 1. The molecule has 30 heavy (non-hydrogen) atoms. The highest BCUT2D eigenvalue weighted by Crippen LogP contribution is 2.27. The predicted molar refractivity (Wildman–Crippen MR) is 113 cm³/mol. The van der Waals surface area contributed by atoms with Gasteiger partial charge < -0.3 is 9.73 Å².